The van der Waals surface area contributed by atoms with Gasteiger partial charge in [-0.3, -0.25) is 0 Å². The molecule has 4 nitrogen and oxygen atoms in total. The van der Waals surface area contributed by atoms with Crippen molar-refractivity contribution in [3.8, 4) is 0 Å². The van der Waals surface area contributed by atoms with Crippen molar-refractivity contribution in [1.82, 2.24) is 9.29 Å². The van der Waals surface area contributed by atoms with Gasteiger partial charge in [-0.2, -0.15) is 4.31 Å². The zero-order valence-electron chi connectivity index (χ0n) is 9.88. The van der Waals surface area contributed by atoms with Crippen molar-refractivity contribution in [2.75, 3.05) is 7.05 Å². The first kappa shape index (κ1) is 14.9. The van der Waals surface area contributed by atoms with E-state index in [-0.39, 0.29) is 16.5 Å². The Morgan fingerprint density at radius 1 is 1.47 bits per heavy atom. The first-order chi connectivity index (χ1) is 8.91. The van der Waals surface area contributed by atoms with Crippen molar-refractivity contribution in [1.29, 1.82) is 0 Å². The zero-order chi connectivity index (χ0) is 14.0. The van der Waals surface area contributed by atoms with Gasteiger partial charge in [0.05, 0.1) is 22.8 Å². The number of benzene rings is 1. The smallest absolute Gasteiger partial charge is 0.244 e. The molecule has 8 heteroatoms. The van der Waals surface area contributed by atoms with Gasteiger partial charge in [-0.1, -0.05) is 27.5 Å². The van der Waals surface area contributed by atoms with Crippen LogP contribution in [0.15, 0.2) is 38.5 Å². The summed E-state index contributed by atoms with van der Waals surface area (Å²) in [6, 6.07) is 4.69. The molecule has 1 heterocycles. The standard InChI is InChI=1S/C11H10BrClN2O2S2/c1-15(5-9-6-18-7-14-9)19(16,17)11-3-2-8(12)4-10(11)13/h2-4,6-7H,5H2,1H3. The molecule has 0 atom stereocenters. The summed E-state index contributed by atoms with van der Waals surface area (Å²) in [5, 5.41) is 2.01. The molecule has 0 aliphatic rings. The van der Waals surface area contributed by atoms with Gasteiger partial charge in [0.2, 0.25) is 10.0 Å². The van der Waals surface area contributed by atoms with Crippen molar-refractivity contribution in [2.24, 2.45) is 0 Å². The summed E-state index contributed by atoms with van der Waals surface area (Å²) in [6.07, 6.45) is 0. The molecule has 102 valence electrons. The Kier molecular flexibility index (Phi) is 4.62. The van der Waals surface area contributed by atoms with Gasteiger partial charge in [0.25, 0.3) is 0 Å². The van der Waals surface area contributed by atoms with Crippen LogP contribution in [0.5, 0.6) is 0 Å². The molecule has 1 aromatic carbocycles. The fourth-order valence-corrected chi connectivity index (χ4v) is 4.18. The SMILES string of the molecule is CN(Cc1cscn1)S(=O)(=O)c1ccc(Br)cc1Cl. The fraction of sp³-hybridized carbons (Fsp3) is 0.182. The predicted molar refractivity (Wildman–Crippen MR) is 79.9 cm³/mol. The summed E-state index contributed by atoms with van der Waals surface area (Å²) >= 11 is 10.7. The molecule has 0 radical (unpaired) electrons. The molecule has 0 fully saturated rings. The minimum atomic E-state index is -3.62. The van der Waals surface area contributed by atoms with E-state index in [1.165, 1.54) is 28.8 Å². The van der Waals surface area contributed by atoms with Crippen molar-refractivity contribution in [3.63, 3.8) is 0 Å². The lowest BCUT2D eigenvalue weighted by Gasteiger charge is -2.17. The highest BCUT2D eigenvalue weighted by Crippen LogP contribution is 2.27. The summed E-state index contributed by atoms with van der Waals surface area (Å²) in [5.74, 6) is 0. The molecule has 0 saturated heterocycles. The van der Waals surface area contributed by atoms with Crippen LogP contribution >= 0.6 is 38.9 Å². The molecule has 19 heavy (non-hydrogen) atoms. The molecule has 2 rings (SSSR count). The van der Waals surface area contributed by atoms with Crippen LogP contribution in [0.2, 0.25) is 5.02 Å². The molecule has 0 spiro atoms. The van der Waals surface area contributed by atoms with Crippen molar-refractivity contribution >= 4 is 48.9 Å². The van der Waals surface area contributed by atoms with Gasteiger partial charge in [-0.15, -0.1) is 11.3 Å². The van der Waals surface area contributed by atoms with Crippen molar-refractivity contribution in [2.45, 2.75) is 11.4 Å². The first-order valence-corrected chi connectivity index (χ1v) is 8.75. The maximum atomic E-state index is 12.4. The molecular formula is C11H10BrClN2O2S2. The number of nitrogens with zero attached hydrogens (tertiary/aromatic N) is 2. The summed E-state index contributed by atoms with van der Waals surface area (Å²) in [6.45, 7) is 0.220. The molecule has 0 amide bonds. The molecule has 0 unspecified atom stereocenters. The maximum absolute atomic E-state index is 12.4. The van der Waals surface area contributed by atoms with Gasteiger partial charge >= 0.3 is 0 Å². The molecule has 2 aromatic rings. The highest BCUT2D eigenvalue weighted by atomic mass is 79.9. The number of rotatable bonds is 4. The van der Waals surface area contributed by atoms with Crippen LogP contribution < -0.4 is 0 Å². The molecule has 0 bridgehead atoms. The van der Waals surface area contributed by atoms with Crippen LogP contribution in [0.4, 0.5) is 0 Å². The van der Waals surface area contributed by atoms with Gasteiger partial charge in [0, 0.05) is 16.9 Å². The Bertz CT molecular complexity index is 674. The lowest BCUT2D eigenvalue weighted by atomic mass is 10.4. The van der Waals surface area contributed by atoms with E-state index in [0.717, 1.165) is 4.47 Å². The monoisotopic (exact) mass is 380 g/mol. The van der Waals surface area contributed by atoms with E-state index < -0.39 is 10.0 Å². The van der Waals surface area contributed by atoms with Crippen LogP contribution in [-0.4, -0.2) is 24.8 Å². The first-order valence-electron chi connectivity index (χ1n) is 5.19. The number of hydrogen-bond donors (Lipinski definition) is 0. The lowest BCUT2D eigenvalue weighted by Crippen LogP contribution is -2.26. The number of hydrogen-bond acceptors (Lipinski definition) is 4. The summed E-state index contributed by atoms with van der Waals surface area (Å²) < 4.78 is 26.8. The van der Waals surface area contributed by atoms with E-state index in [2.05, 4.69) is 20.9 Å². The second kappa shape index (κ2) is 5.88. The van der Waals surface area contributed by atoms with Crippen molar-refractivity contribution < 1.29 is 8.42 Å². The van der Waals surface area contributed by atoms with E-state index in [4.69, 9.17) is 11.6 Å². The van der Waals surface area contributed by atoms with Gasteiger partial charge in [0.1, 0.15) is 4.90 Å². The van der Waals surface area contributed by atoms with Crippen LogP contribution in [-0.2, 0) is 16.6 Å². The maximum Gasteiger partial charge on any atom is 0.244 e. The molecule has 0 aliphatic heterocycles. The van der Waals surface area contributed by atoms with Gasteiger partial charge < -0.3 is 0 Å². The van der Waals surface area contributed by atoms with E-state index in [9.17, 15) is 8.42 Å². The Balaban J connectivity index is 2.31. The minimum absolute atomic E-state index is 0.0927. The Morgan fingerprint density at radius 2 is 2.21 bits per heavy atom. The second-order valence-electron chi connectivity index (χ2n) is 3.82. The number of halogens is 2. The Labute approximate surface area is 129 Å². The third kappa shape index (κ3) is 3.35. The van der Waals surface area contributed by atoms with E-state index >= 15 is 0 Å². The quantitative estimate of drug-likeness (QED) is 0.816. The largest absolute Gasteiger partial charge is 0.248 e. The molecule has 0 saturated carbocycles. The average Bonchev–Trinajstić information content (AvgIpc) is 2.81. The summed E-state index contributed by atoms with van der Waals surface area (Å²) in [7, 11) is -2.11. The van der Waals surface area contributed by atoms with E-state index in [0.29, 0.717) is 5.69 Å². The highest BCUT2D eigenvalue weighted by Gasteiger charge is 2.24. The topological polar surface area (TPSA) is 50.3 Å². The molecule has 1 aromatic heterocycles. The van der Waals surface area contributed by atoms with Crippen LogP contribution in [0.25, 0.3) is 0 Å². The predicted octanol–water partition coefficient (Wildman–Crippen LogP) is 3.38. The lowest BCUT2D eigenvalue weighted by molar-refractivity contribution is 0.463. The summed E-state index contributed by atoms with van der Waals surface area (Å²) in [5.41, 5.74) is 2.38. The van der Waals surface area contributed by atoms with Crippen LogP contribution in [0.1, 0.15) is 5.69 Å². The third-order valence-corrected chi connectivity index (χ3v) is 5.87. The molecular weight excluding hydrogens is 372 g/mol. The van der Waals surface area contributed by atoms with Crippen LogP contribution in [0.3, 0.4) is 0 Å². The third-order valence-electron chi connectivity index (χ3n) is 2.45. The fourth-order valence-electron chi connectivity index (χ4n) is 1.48. The highest BCUT2D eigenvalue weighted by molar-refractivity contribution is 9.10. The molecule has 0 aliphatic carbocycles. The Hall–Kier alpha value is -0.470. The zero-order valence-corrected chi connectivity index (χ0v) is 13.9. The van der Waals surface area contributed by atoms with E-state index in [1.54, 1.807) is 17.6 Å². The molecule has 0 N–H and O–H groups in total. The number of aromatic nitrogens is 1. The Morgan fingerprint density at radius 3 is 2.79 bits per heavy atom. The minimum Gasteiger partial charge on any atom is -0.248 e. The van der Waals surface area contributed by atoms with Crippen LogP contribution in [0, 0.1) is 0 Å². The second-order valence-corrected chi connectivity index (χ2v) is 7.87. The van der Waals surface area contributed by atoms with Gasteiger partial charge in [-0.05, 0) is 18.2 Å². The summed E-state index contributed by atoms with van der Waals surface area (Å²) in [4.78, 5) is 4.16. The number of sulfonamides is 1. The normalized spacial score (nSPS) is 12.0. The van der Waals surface area contributed by atoms with E-state index in [1.807, 2.05) is 5.38 Å². The van der Waals surface area contributed by atoms with Gasteiger partial charge in [-0.25, -0.2) is 13.4 Å². The number of thiazole rings is 1. The van der Waals surface area contributed by atoms with Gasteiger partial charge in [0.15, 0.2) is 0 Å². The van der Waals surface area contributed by atoms with Crippen molar-refractivity contribution in [3.05, 3.63) is 44.3 Å². The average molecular weight is 382 g/mol.